The van der Waals surface area contributed by atoms with Gasteiger partial charge >= 0.3 is 0 Å². The van der Waals surface area contributed by atoms with Gasteiger partial charge in [-0.05, 0) is 17.5 Å². The SMILES string of the molecule is CC1(C)CC(=O)N(CCOc2ccccc2C#N)C(=O)C1. The van der Waals surface area contributed by atoms with Gasteiger partial charge in [-0.2, -0.15) is 5.26 Å². The lowest BCUT2D eigenvalue weighted by atomic mass is 9.82. The Labute approximate surface area is 124 Å². The van der Waals surface area contributed by atoms with E-state index in [9.17, 15) is 9.59 Å². The van der Waals surface area contributed by atoms with Crippen LogP contribution < -0.4 is 4.74 Å². The zero-order chi connectivity index (χ0) is 15.5. The van der Waals surface area contributed by atoms with E-state index in [0.29, 0.717) is 24.2 Å². The van der Waals surface area contributed by atoms with Crippen molar-refractivity contribution in [3.05, 3.63) is 29.8 Å². The van der Waals surface area contributed by atoms with Gasteiger partial charge in [-0.1, -0.05) is 26.0 Å². The monoisotopic (exact) mass is 286 g/mol. The van der Waals surface area contributed by atoms with Crippen LogP contribution in [0.4, 0.5) is 0 Å². The molecule has 0 spiro atoms. The smallest absolute Gasteiger partial charge is 0.229 e. The van der Waals surface area contributed by atoms with Crippen LogP contribution >= 0.6 is 0 Å². The van der Waals surface area contributed by atoms with E-state index in [-0.39, 0.29) is 30.4 Å². The number of nitriles is 1. The molecule has 0 bridgehead atoms. The summed E-state index contributed by atoms with van der Waals surface area (Å²) in [6.45, 7) is 4.24. The quantitative estimate of drug-likeness (QED) is 0.795. The van der Waals surface area contributed by atoms with Gasteiger partial charge < -0.3 is 4.74 Å². The summed E-state index contributed by atoms with van der Waals surface area (Å²) in [4.78, 5) is 25.2. The second kappa shape index (κ2) is 5.96. The predicted octanol–water partition coefficient (Wildman–Crippen LogP) is 2.11. The summed E-state index contributed by atoms with van der Waals surface area (Å²) in [5.41, 5.74) is 0.175. The highest BCUT2D eigenvalue weighted by atomic mass is 16.5. The number of nitrogens with zero attached hydrogens (tertiary/aromatic N) is 2. The van der Waals surface area contributed by atoms with Crippen molar-refractivity contribution in [2.45, 2.75) is 26.7 Å². The van der Waals surface area contributed by atoms with Crippen molar-refractivity contribution in [3.63, 3.8) is 0 Å². The molecule has 110 valence electrons. The number of benzene rings is 1. The predicted molar refractivity (Wildman–Crippen MR) is 76.4 cm³/mol. The zero-order valence-electron chi connectivity index (χ0n) is 12.3. The van der Waals surface area contributed by atoms with Gasteiger partial charge in [0, 0.05) is 12.8 Å². The van der Waals surface area contributed by atoms with Crippen LogP contribution in [0.2, 0.25) is 0 Å². The number of para-hydroxylation sites is 1. The van der Waals surface area contributed by atoms with Gasteiger partial charge in [-0.25, -0.2) is 0 Å². The fourth-order valence-corrected chi connectivity index (χ4v) is 2.39. The molecule has 2 amide bonds. The van der Waals surface area contributed by atoms with E-state index in [1.54, 1.807) is 24.3 Å². The minimum Gasteiger partial charge on any atom is -0.490 e. The summed E-state index contributed by atoms with van der Waals surface area (Å²) in [5, 5.41) is 8.96. The Morgan fingerprint density at radius 1 is 1.24 bits per heavy atom. The van der Waals surface area contributed by atoms with Crippen LogP contribution in [0.25, 0.3) is 0 Å². The molecule has 1 aromatic rings. The number of ether oxygens (including phenoxy) is 1. The molecule has 1 aromatic carbocycles. The van der Waals surface area contributed by atoms with Gasteiger partial charge in [-0.3, -0.25) is 14.5 Å². The number of hydrogen-bond donors (Lipinski definition) is 0. The molecule has 1 aliphatic heterocycles. The van der Waals surface area contributed by atoms with E-state index < -0.39 is 0 Å². The van der Waals surface area contributed by atoms with E-state index in [2.05, 4.69) is 0 Å². The topological polar surface area (TPSA) is 70.4 Å². The Morgan fingerprint density at radius 2 is 1.86 bits per heavy atom. The lowest BCUT2D eigenvalue weighted by Crippen LogP contribution is -2.47. The standard InChI is InChI=1S/C16H18N2O3/c1-16(2)9-14(19)18(15(20)10-16)7-8-21-13-6-4-3-5-12(13)11-17/h3-6H,7-10H2,1-2H3. The van der Waals surface area contributed by atoms with Crippen LogP contribution in [-0.2, 0) is 9.59 Å². The molecule has 0 aliphatic carbocycles. The molecule has 1 saturated heterocycles. The molecule has 0 N–H and O–H groups in total. The van der Waals surface area contributed by atoms with E-state index >= 15 is 0 Å². The number of imide groups is 1. The van der Waals surface area contributed by atoms with Crippen molar-refractivity contribution in [1.29, 1.82) is 5.26 Å². The summed E-state index contributed by atoms with van der Waals surface area (Å²) < 4.78 is 5.51. The van der Waals surface area contributed by atoms with Crippen LogP contribution in [0.15, 0.2) is 24.3 Å². The molecule has 0 atom stereocenters. The third kappa shape index (κ3) is 3.60. The number of hydrogen-bond acceptors (Lipinski definition) is 4. The summed E-state index contributed by atoms with van der Waals surface area (Å²) in [6.07, 6.45) is 0.737. The number of carbonyl (C=O) groups is 2. The minimum absolute atomic E-state index is 0.159. The van der Waals surface area contributed by atoms with Gasteiger partial charge in [0.1, 0.15) is 18.4 Å². The van der Waals surface area contributed by atoms with Crippen molar-refractivity contribution in [2.75, 3.05) is 13.2 Å². The lowest BCUT2D eigenvalue weighted by molar-refractivity contribution is -0.152. The lowest BCUT2D eigenvalue weighted by Gasteiger charge is -2.34. The molecule has 1 aliphatic rings. The van der Waals surface area contributed by atoms with Gasteiger partial charge in [0.15, 0.2) is 0 Å². The van der Waals surface area contributed by atoms with E-state index in [1.165, 1.54) is 4.90 Å². The number of carbonyl (C=O) groups excluding carboxylic acids is 2. The van der Waals surface area contributed by atoms with Crippen LogP contribution in [0, 0.1) is 16.7 Å². The summed E-state index contributed by atoms with van der Waals surface area (Å²) in [5.74, 6) is 0.152. The first-order valence-corrected chi connectivity index (χ1v) is 6.88. The Balaban J connectivity index is 1.93. The zero-order valence-corrected chi connectivity index (χ0v) is 12.3. The molecule has 0 unspecified atom stereocenters. The first-order chi connectivity index (χ1) is 9.93. The number of piperidine rings is 1. The highest BCUT2D eigenvalue weighted by molar-refractivity contribution is 5.98. The fourth-order valence-electron chi connectivity index (χ4n) is 2.39. The highest BCUT2D eigenvalue weighted by Gasteiger charge is 2.37. The largest absolute Gasteiger partial charge is 0.490 e. The third-order valence-corrected chi connectivity index (χ3v) is 3.44. The molecule has 0 aromatic heterocycles. The molecule has 1 heterocycles. The van der Waals surface area contributed by atoms with Crippen LogP contribution in [0.5, 0.6) is 5.75 Å². The van der Waals surface area contributed by atoms with Crippen molar-refractivity contribution < 1.29 is 14.3 Å². The Bertz CT molecular complexity index is 582. The maximum atomic E-state index is 12.0. The first kappa shape index (κ1) is 15.0. The Hall–Kier alpha value is -2.35. The molecule has 0 radical (unpaired) electrons. The molecule has 0 saturated carbocycles. The summed E-state index contributed by atoms with van der Waals surface area (Å²) >= 11 is 0. The van der Waals surface area contributed by atoms with Crippen LogP contribution in [-0.4, -0.2) is 29.9 Å². The van der Waals surface area contributed by atoms with Gasteiger partial charge in [0.25, 0.3) is 0 Å². The number of rotatable bonds is 4. The van der Waals surface area contributed by atoms with Crippen molar-refractivity contribution >= 4 is 11.8 Å². The van der Waals surface area contributed by atoms with E-state index in [4.69, 9.17) is 10.00 Å². The van der Waals surface area contributed by atoms with Gasteiger partial charge in [-0.15, -0.1) is 0 Å². The van der Waals surface area contributed by atoms with Crippen molar-refractivity contribution in [1.82, 2.24) is 4.90 Å². The van der Waals surface area contributed by atoms with E-state index in [0.717, 1.165) is 0 Å². The van der Waals surface area contributed by atoms with Gasteiger partial charge in [0.05, 0.1) is 12.1 Å². The maximum absolute atomic E-state index is 12.0. The molecule has 5 heteroatoms. The minimum atomic E-state index is -0.265. The number of likely N-dealkylation sites (tertiary alicyclic amines) is 1. The molecular formula is C16H18N2O3. The Morgan fingerprint density at radius 3 is 2.48 bits per heavy atom. The van der Waals surface area contributed by atoms with Crippen LogP contribution in [0.1, 0.15) is 32.3 Å². The summed E-state index contributed by atoms with van der Waals surface area (Å²) in [7, 11) is 0. The maximum Gasteiger partial charge on any atom is 0.229 e. The first-order valence-electron chi connectivity index (χ1n) is 6.88. The van der Waals surface area contributed by atoms with E-state index in [1.807, 2.05) is 19.9 Å². The second-order valence-electron chi connectivity index (χ2n) is 5.91. The average Bonchev–Trinajstić information content (AvgIpc) is 2.41. The van der Waals surface area contributed by atoms with Crippen molar-refractivity contribution in [2.24, 2.45) is 5.41 Å². The molecule has 1 fully saturated rings. The summed E-state index contributed by atoms with van der Waals surface area (Å²) in [6, 6.07) is 8.93. The molecule has 2 rings (SSSR count). The third-order valence-electron chi connectivity index (χ3n) is 3.44. The van der Waals surface area contributed by atoms with Crippen molar-refractivity contribution in [3.8, 4) is 11.8 Å². The Kier molecular flexibility index (Phi) is 4.27. The molecule has 5 nitrogen and oxygen atoms in total. The highest BCUT2D eigenvalue weighted by Crippen LogP contribution is 2.31. The van der Waals surface area contributed by atoms with Gasteiger partial charge in [0.2, 0.25) is 11.8 Å². The normalized spacial score (nSPS) is 17.5. The molecule has 21 heavy (non-hydrogen) atoms. The van der Waals surface area contributed by atoms with Crippen LogP contribution in [0.3, 0.4) is 0 Å². The number of amides is 2. The average molecular weight is 286 g/mol. The second-order valence-corrected chi connectivity index (χ2v) is 5.91. The fraction of sp³-hybridized carbons (Fsp3) is 0.438. The molecular weight excluding hydrogens is 268 g/mol.